The van der Waals surface area contributed by atoms with Gasteiger partial charge in [0.2, 0.25) is 0 Å². The molecule has 0 spiro atoms. The zero-order valence-corrected chi connectivity index (χ0v) is 9.07. The predicted octanol–water partition coefficient (Wildman–Crippen LogP) is 2.99. The van der Waals surface area contributed by atoms with Gasteiger partial charge in [0.05, 0.1) is 0 Å². The van der Waals surface area contributed by atoms with Crippen molar-refractivity contribution in [1.29, 1.82) is 0 Å². The quantitative estimate of drug-likeness (QED) is 0.704. The second-order valence-electron chi connectivity index (χ2n) is 3.68. The van der Waals surface area contributed by atoms with Crippen LogP contribution in [0.2, 0.25) is 0 Å². The highest BCUT2D eigenvalue weighted by Crippen LogP contribution is 2.17. The van der Waals surface area contributed by atoms with Crippen molar-refractivity contribution < 1.29 is 0 Å². The molecule has 2 nitrogen and oxygen atoms in total. The van der Waals surface area contributed by atoms with Crippen LogP contribution in [0.25, 0.3) is 0 Å². The van der Waals surface area contributed by atoms with Gasteiger partial charge in [0, 0.05) is 18.3 Å². The average molecular weight is 193 g/mol. The van der Waals surface area contributed by atoms with Gasteiger partial charge < -0.3 is 4.57 Å². The van der Waals surface area contributed by atoms with Gasteiger partial charge in [0.1, 0.15) is 0 Å². The first-order valence-electron chi connectivity index (χ1n) is 5.46. The van der Waals surface area contributed by atoms with Crippen LogP contribution in [0.1, 0.15) is 45.6 Å². The van der Waals surface area contributed by atoms with E-state index in [1.54, 1.807) is 12.1 Å². The summed E-state index contributed by atoms with van der Waals surface area (Å²) < 4.78 is 1.87. The lowest BCUT2D eigenvalue weighted by atomic mass is 10.1. The van der Waals surface area contributed by atoms with Gasteiger partial charge in [-0.15, -0.1) is 0 Å². The van der Waals surface area contributed by atoms with Crippen LogP contribution in [0, 0.1) is 0 Å². The Morgan fingerprint density at radius 1 is 1.21 bits per heavy atom. The van der Waals surface area contributed by atoms with E-state index < -0.39 is 0 Å². The molecule has 1 aromatic heterocycles. The molecule has 78 valence electrons. The third-order valence-corrected chi connectivity index (χ3v) is 2.49. The summed E-state index contributed by atoms with van der Waals surface area (Å²) in [5.41, 5.74) is 0.124. The molecule has 0 atom stereocenters. The molecule has 14 heavy (non-hydrogen) atoms. The van der Waals surface area contributed by atoms with Crippen molar-refractivity contribution in [2.75, 3.05) is 0 Å². The molecule has 0 saturated heterocycles. The van der Waals surface area contributed by atoms with Gasteiger partial charge in [-0.05, 0) is 18.9 Å². The van der Waals surface area contributed by atoms with E-state index in [2.05, 4.69) is 13.8 Å². The Hall–Kier alpha value is -1.05. The molecule has 0 amide bonds. The molecule has 1 aromatic rings. The van der Waals surface area contributed by atoms with E-state index in [0.29, 0.717) is 6.04 Å². The smallest absolute Gasteiger partial charge is 0.250 e. The molecule has 0 aliphatic rings. The van der Waals surface area contributed by atoms with Crippen LogP contribution < -0.4 is 5.56 Å². The van der Waals surface area contributed by atoms with Crippen molar-refractivity contribution in [1.82, 2.24) is 4.57 Å². The first-order valence-corrected chi connectivity index (χ1v) is 5.46. The van der Waals surface area contributed by atoms with E-state index in [-0.39, 0.29) is 5.56 Å². The largest absolute Gasteiger partial charge is 0.312 e. The van der Waals surface area contributed by atoms with Crippen molar-refractivity contribution in [3.63, 3.8) is 0 Å². The minimum atomic E-state index is 0.124. The molecule has 0 aliphatic carbocycles. The van der Waals surface area contributed by atoms with Crippen molar-refractivity contribution >= 4 is 0 Å². The summed E-state index contributed by atoms with van der Waals surface area (Å²) in [5, 5.41) is 0. The number of hydrogen-bond acceptors (Lipinski definition) is 1. The van der Waals surface area contributed by atoms with Crippen molar-refractivity contribution in [2.24, 2.45) is 0 Å². The van der Waals surface area contributed by atoms with Crippen LogP contribution >= 0.6 is 0 Å². The second-order valence-corrected chi connectivity index (χ2v) is 3.68. The minimum Gasteiger partial charge on any atom is -0.312 e. The summed E-state index contributed by atoms with van der Waals surface area (Å²) >= 11 is 0. The molecule has 0 unspecified atom stereocenters. The molecule has 0 N–H and O–H groups in total. The predicted molar refractivity (Wildman–Crippen MR) is 59.6 cm³/mol. The molecular weight excluding hydrogens is 174 g/mol. The zero-order chi connectivity index (χ0) is 10.4. The maximum absolute atomic E-state index is 11.6. The van der Waals surface area contributed by atoms with Crippen LogP contribution in [0.3, 0.4) is 0 Å². The lowest BCUT2D eigenvalue weighted by Crippen LogP contribution is -2.23. The maximum atomic E-state index is 11.6. The van der Waals surface area contributed by atoms with Crippen LogP contribution in [-0.2, 0) is 0 Å². The van der Waals surface area contributed by atoms with Crippen molar-refractivity contribution in [3.05, 3.63) is 34.7 Å². The Morgan fingerprint density at radius 2 is 1.86 bits per heavy atom. The van der Waals surface area contributed by atoms with Crippen LogP contribution in [0.15, 0.2) is 29.2 Å². The molecule has 1 heterocycles. The number of nitrogens with zero attached hydrogens (tertiary/aromatic N) is 1. The third kappa shape index (κ3) is 2.72. The molecule has 2 heteroatoms. The number of hydrogen-bond donors (Lipinski definition) is 0. The molecule has 0 radical (unpaired) electrons. The van der Waals surface area contributed by atoms with Crippen LogP contribution in [0.5, 0.6) is 0 Å². The van der Waals surface area contributed by atoms with Crippen molar-refractivity contribution in [3.8, 4) is 0 Å². The Morgan fingerprint density at radius 3 is 2.36 bits per heavy atom. The molecule has 0 aromatic carbocycles. The van der Waals surface area contributed by atoms with Gasteiger partial charge in [0.15, 0.2) is 0 Å². The monoisotopic (exact) mass is 193 g/mol. The van der Waals surface area contributed by atoms with E-state index in [9.17, 15) is 4.79 Å². The Labute approximate surface area is 85.6 Å². The Bertz CT molecular complexity index is 310. The number of rotatable bonds is 5. The minimum absolute atomic E-state index is 0.124. The summed E-state index contributed by atoms with van der Waals surface area (Å²) in [6.07, 6.45) is 6.35. The van der Waals surface area contributed by atoms with Gasteiger partial charge in [-0.1, -0.05) is 32.8 Å². The van der Waals surface area contributed by atoms with E-state index in [0.717, 1.165) is 25.7 Å². The summed E-state index contributed by atoms with van der Waals surface area (Å²) in [5.74, 6) is 0. The van der Waals surface area contributed by atoms with Gasteiger partial charge in [-0.25, -0.2) is 0 Å². The first kappa shape index (κ1) is 11.0. The lowest BCUT2D eigenvalue weighted by Gasteiger charge is -2.18. The van der Waals surface area contributed by atoms with E-state index >= 15 is 0 Å². The average Bonchev–Trinajstić information content (AvgIpc) is 2.18. The standard InChI is InChI=1S/C12H19NO/c1-3-7-11(8-4-2)13-10-6-5-9-12(13)14/h5-6,9-11H,3-4,7-8H2,1-2H3. The highest BCUT2D eigenvalue weighted by molar-refractivity contribution is 4.95. The van der Waals surface area contributed by atoms with Crippen LogP contribution in [-0.4, -0.2) is 4.57 Å². The maximum Gasteiger partial charge on any atom is 0.250 e. The fourth-order valence-corrected chi connectivity index (χ4v) is 1.83. The fraction of sp³-hybridized carbons (Fsp3) is 0.583. The summed E-state index contributed by atoms with van der Waals surface area (Å²) in [6.45, 7) is 4.33. The molecular formula is C12H19NO. The third-order valence-electron chi connectivity index (χ3n) is 2.49. The van der Waals surface area contributed by atoms with Crippen molar-refractivity contribution in [2.45, 2.75) is 45.6 Å². The summed E-state index contributed by atoms with van der Waals surface area (Å²) in [4.78, 5) is 11.6. The lowest BCUT2D eigenvalue weighted by molar-refractivity contribution is 0.416. The zero-order valence-electron chi connectivity index (χ0n) is 9.07. The van der Waals surface area contributed by atoms with Gasteiger partial charge in [0.25, 0.3) is 5.56 Å². The summed E-state index contributed by atoms with van der Waals surface area (Å²) in [7, 11) is 0. The molecule has 0 aliphatic heterocycles. The first-order chi connectivity index (χ1) is 6.79. The van der Waals surface area contributed by atoms with E-state index in [1.165, 1.54) is 0 Å². The van der Waals surface area contributed by atoms with E-state index in [1.807, 2.05) is 16.8 Å². The molecule has 0 bridgehead atoms. The fourth-order valence-electron chi connectivity index (χ4n) is 1.83. The highest BCUT2D eigenvalue weighted by Gasteiger charge is 2.08. The van der Waals surface area contributed by atoms with Gasteiger partial charge >= 0.3 is 0 Å². The SMILES string of the molecule is CCCC(CCC)n1ccccc1=O. The normalized spacial score (nSPS) is 10.8. The summed E-state index contributed by atoms with van der Waals surface area (Å²) in [6, 6.07) is 5.75. The highest BCUT2D eigenvalue weighted by atomic mass is 16.1. The number of aromatic nitrogens is 1. The molecule has 0 fully saturated rings. The molecule has 0 saturated carbocycles. The number of pyridine rings is 1. The topological polar surface area (TPSA) is 22.0 Å². The van der Waals surface area contributed by atoms with E-state index in [4.69, 9.17) is 0 Å². The molecule has 1 rings (SSSR count). The van der Waals surface area contributed by atoms with Gasteiger partial charge in [-0.3, -0.25) is 4.79 Å². The van der Waals surface area contributed by atoms with Gasteiger partial charge in [-0.2, -0.15) is 0 Å². The Balaban J connectivity index is 2.87. The van der Waals surface area contributed by atoms with Crippen LogP contribution in [0.4, 0.5) is 0 Å². The Kier molecular flexibility index (Phi) is 4.44. The second kappa shape index (κ2) is 5.63.